The lowest BCUT2D eigenvalue weighted by Gasteiger charge is -2.09. The van der Waals surface area contributed by atoms with E-state index in [1.165, 1.54) is 16.7 Å². The number of hydrogen-bond acceptors (Lipinski definition) is 5. The monoisotopic (exact) mass is 717 g/mol. The summed E-state index contributed by atoms with van der Waals surface area (Å²) in [6.45, 7) is 0. The lowest BCUT2D eigenvalue weighted by atomic mass is 9.97. The molecule has 5 nitrogen and oxygen atoms in total. The van der Waals surface area contributed by atoms with Crippen LogP contribution < -0.4 is 0 Å². The summed E-state index contributed by atoms with van der Waals surface area (Å²) >= 11 is 0. The first kappa shape index (κ1) is 31.9. The third kappa shape index (κ3) is 5.37. The minimum absolute atomic E-state index is 0.535. The van der Waals surface area contributed by atoms with Crippen LogP contribution in [0.15, 0.2) is 197 Å². The van der Waals surface area contributed by atoms with E-state index in [2.05, 4.69) is 109 Å². The molecule has 3 heterocycles. The van der Waals surface area contributed by atoms with E-state index in [9.17, 15) is 0 Å². The molecule has 56 heavy (non-hydrogen) atoms. The first-order valence-corrected chi connectivity index (χ1v) is 18.7. The molecule has 0 saturated heterocycles. The molecule has 0 saturated carbocycles. The first-order valence-electron chi connectivity index (χ1n) is 18.7. The highest BCUT2D eigenvalue weighted by Crippen LogP contribution is 2.41. The van der Waals surface area contributed by atoms with Gasteiger partial charge in [0.1, 0.15) is 22.3 Å². The van der Waals surface area contributed by atoms with Gasteiger partial charge in [-0.3, -0.25) is 0 Å². The van der Waals surface area contributed by atoms with Gasteiger partial charge in [0.2, 0.25) is 0 Å². The van der Waals surface area contributed by atoms with Crippen molar-refractivity contribution in [1.29, 1.82) is 0 Å². The molecule has 0 bridgehead atoms. The van der Waals surface area contributed by atoms with E-state index >= 15 is 0 Å². The summed E-state index contributed by atoms with van der Waals surface area (Å²) in [7, 11) is 0. The molecule has 0 N–H and O–H groups in total. The molecule has 8 aromatic carbocycles. The quantitative estimate of drug-likeness (QED) is 0.171. The zero-order chi connectivity index (χ0) is 37.0. The average molecular weight is 718 g/mol. The van der Waals surface area contributed by atoms with Gasteiger partial charge in [-0.15, -0.1) is 0 Å². The summed E-state index contributed by atoms with van der Waals surface area (Å²) in [4.78, 5) is 15.3. The second-order valence-corrected chi connectivity index (χ2v) is 13.9. The highest BCUT2D eigenvalue weighted by atomic mass is 16.3. The molecule has 0 spiro atoms. The number of furan rings is 2. The zero-order valence-electron chi connectivity index (χ0n) is 30.1. The Hall–Kier alpha value is -7.63. The van der Waals surface area contributed by atoms with Crippen LogP contribution in [0.3, 0.4) is 0 Å². The molecule has 0 fully saturated rings. The van der Waals surface area contributed by atoms with Gasteiger partial charge in [0.05, 0.1) is 5.56 Å². The van der Waals surface area contributed by atoms with Gasteiger partial charge < -0.3 is 8.83 Å². The maximum Gasteiger partial charge on any atom is 0.167 e. The molecular weight excluding hydrogens is 687 g/mol. The standard InChI is InChI=1S/C51H31N3O2/c1-3-12-32(13-4-1)33-24-26-34(27-25-33)35-28-30-36(31-29-35)38-17-9-18-39-40-19-10-21-43(48(40)56-47(38)39)51-53-49(37-14-5-2-6-15-37)52-50(54-51)42-20-11-23-45-46(42)41-16-7-8-22-44(41)55-45/h1-31H. The lowest BCUT2D eigenvalue weighted by molar-refractivity contribution is 0.669. The van der Waals surface area contributed by atoms with Gasteiger partial charge in [0.15, 0.2) is 17.5 Å². The summed E-state index contributed by atoms with van der Waals surface area (Å²) in [5.41, 5.74) is 12.6. The molecule has 0 aliphatic rings. The summed E-state index contributed by atoms with van der Waals surface area (Å²) in [5.74, 6) is 1.68. The molecule has 11 aromatic rings. The van der Waals surface area contributed by atoms with Gasteiger partial charge in [-0.25, -0.2) is 15.0 Å². The fraction of sp³-hybridized carbons (Fsp3) is 0. The van der Waals surface area contributed by atoms with Crippen LogP contribution in [-0.4, -0.2) is 15.0 Å². The molecule has 11 rings (SSSR count). The van der Waals surface area contributed by atoms with Crippen molar-refractivity contribution in [3.63, 3.8) is 0 Å². The van der Waals surface area contributed by atoms with E-state index in [0.29, 0.717) is 17.5 Å². The van der Waals surface area contributed by atoms with Gasteiger partial charge in [-0.2, -0.15) is 0 Å². The molecule has 0 aliphatic carbocycles. The van der Waals surface area contributed by atoms with Crippen LogP contribution in [0, 0.1) is 0 Å². The van der Waals surface area contributed by atoms with Crippen LogP contribution in [0.1, 0.15) is 0 Å². The SMILES string of the molecule is c1ccc(-c2ccc(-c3ccc(-c4cccc5c4oc4c(-c6nc(-c7ccccc7)nc(-c7cccc8oc9ccccc9c78)n6)cccc45)cc3)cc2)cc1. The second-order valence-electron chi connectivity index (χ2n) is 13.9. The van der Waals surface area contributed by atoms with Crippen LogP contribution in [0.4, 0.5) is 0 Å². The maximum atomic E-state index is 6.88. The van der Waals surface area contributed by atoms with Crippen molar-refractivity contribution in [1.82, 2.24) is 15.0 Å². The Morgan fingerprint density at radius 3 is 1.39 bits per heavy atom. The molecule has 0 atom stereocenters. The normalized spacial score (nSPS) is 11.6. The number of aromatic nitrogens is 3. The Morgan fingerprint density at radius 2 is 0.714 bits per heavy atom. The van der Waals surface area contributed by atoms with E-state index < -0.39 is 0 Å². The van der Waals surface area contributed by atoms with Gasteiger partial charge in [0, 0.05) is 38.2 Å². The Labute approximate surface area is 322 Å². The molecule has 5 heteroatoms. The van der Waals surface area contributed by atoms with Crippen molar-refractivity contribution in [2.45, 2.75) is 0 Å². The molecule has 3 aromatic heterocycles. The van der Waals surface area contributed by atoms with Crippen LogP contribution in [0.25, 0.3) is 111 Å². The van der Waals surface area contributed by atoms with Crippen molar-refractivity contribution in [2.24, 2.45) is 0 Å². The van der Waals surface area contributed by atoms with Gasteiger partial charge in [-0.05, 0) is 46.0 Å². The van der Waals surface area contributed by atoms with Crippen LogP contribution in [-0.2, 0) is 0 Å². The Morgan fingerprint density at radius 1 is 0.268 bits per heavy atom. The fourth-order valence-corrected chi connectivity index (χ4v) is 7.85. The summed E-state index contributed by atoms with van der Waals surface area (Å²) in [6, 6.07) is 64.6. The predicted molar refractivity (Wildman–Crippen MR) is 227 cm³/mol. The van der Waals surface area contributed by atoms with Crippen molar-refractivity contribution in [3.8, 4) is 67.5 Å². The van der Waals surface area contributed by atoms with Crippen LogP contribution in [0.2, 0.25) is 0 Å². The largest absolute Gasteiger partial charge is 0.456 e. The highest BCUT2D eigenvalue weighted by Gasteiger charge is 2.21. The average Bonchev–Trinajstić information content (AvgIpc) is 3.86. The van der Waals surface area contributed by atoms with E-state index in [1.54, 1.807) is 0 Å². The van der Waals surface area contributed by atoms with Crippen molar-refractivity contribution in [2.75, 3.05) is 0 Å². The summed E-state index contributed by atoms with van der Waals surface area (Å²) in [6.07, 6.45) is 0. The summed E-state index contributed by atoms with van der Waals surface area (Å²) in [5, 5.41) is 4.02. The predicted octanol–water partition coefficient (Wildman–Crippen LogP) is 13.7. The third-order valence-electron chi connectivity index (χ3n) is 10.6. The number of hydrogen-bond donors (Lipinski definition) is 0. The van der Waals surface area contributed by atoms with E-state index in [1.807, 2.05) is 78.9 Å². The molecule has 0 amide bonds. The van der Waals surface area contributed by atoms with E-state index in [4.69, 9.17) is 23.8 Å². The Bertz CT molecular complexity index is 3220. The molecule has 0 aliphatic heterocycles. The minimum atomic E-state index is 0.535. The molecule has 0 radical (unpaired) electrons. The summed E-state index contributed by atoms with van der Waals surface area (Å²) < 4.78 is 13.1. The van der Waals surface area contributed by atoms with Gasteiger partial charge in [-0.1, -0.05) is 170 Å². The van der Waals surface area contributed by atoms with Crippen molar-refractivity contribution in [3.05, 3.63) is 188 Å². The number of para-hydroxylation sites is 3. The second kappa shape index (κ2) is 13.0. The van der Waals surface area contributed by atoms with E-state index in [0.717, 1.165) is 77.3 Å². The van der Waals surface area contributed by atoms with Crippen LogP contribution in [0.5, 0.6) is 0 Å². The fourth-order valence-electron chi connectivity index (χ4n) is 7.85. The molecular formula is C51H31N3O2. The highest BCUT2D eigenvalue weighted by molar-refractivity contribution is 6.13. The number of nitrogens with zero attached hydrogens (tertiary/aromatic N) is 3. The Kier molecular flexibility index (Phi) is 7.42. The maximum absolute atomic E-state index is 6.88. The minimum Gasteiger partial charge on any atom is -0.456 e. The number of fused-ring (bicyclic) bond motifs is 6. The van der Waals surface area contributed by atoms with Crippen molar-refractivity contribution >= 4 is 43.9 Å². The number of benzene rings is 8. The van der Waals surface area contributed by atoms with Gasteiger partial charge >= 0.3 is 0 Å². The van der Waals surface area contributed by atoms with E-state index in [-0.39, 0.29) is 0 Å². The molecule has 262 valence electrons. The number of rotatable bonds is 6. The first-order chi connectivity index (χ1) is 27.7. The van der Waals surface area contributed by atoms with Crippen LogP contribution >= 0.6 is 0 Å². The Balaban J connectivity index is 1.03. The topological polar surface area (TPSA) is 65.0 Å². The van der Waals surface area contributed by atoms with Crippen molar-refractivity contribution < 1.29 is 8.83 Å². The van der Waals surface area contributed by atoms with Gasteiger partial charge in [0.25, 0.3) is 0 Å². The lowest BCUT2D eigenvalue weighted by Crippen LogP contribution is -2.00. The zero-order valence-corrected chi connectivity index (χ0v) is 30.1. The smallest absolute Gasteiger partial charge is 0.167 e. The third-order valence-corrected chi connectivity index (χ3v) is 10.6. The molecule has 0 unspecified atom stereocenters.